The molecule has 2 nitrogen and oxygen atoms in total. The Kier molecular flexibility index (Phi) is 18.9. The maximum atomic E-state index is 11.9. The lowest BCUT2D eigenvalue weighted by molar-refractivity contribution is -0.139. The fraction of sp³-hybridized carbons (Fsp3) is 0.870. The van der Waals surface area contributed by atoms with Crippen LogP contribution in [0.15, 0.2) is 11.6 Å². The lowest BCUT2D eigenvalue weighted by Crippen LogP contribution is -2.07. The van der Waals surface area contributed by atoms with Crippen LogP contribution in [0.3, 0.4) is 0 Å². The molecule has 0 bridgehead atoms. The minimum Gasteiger partial charge on any atom is -0.462 e. The third kappa shape index (κ3) is 17.8. The maximum Gasteiger partial charge on any atom is 0.333 e. The SMILES string of the molecule is CCCCCCCCCCCCC=C(C)C(=O)OCCCCCCC. The van der Waals surface area contributed by atoms with Crippen LogP contribution in [0.2, 0.25) is 0 Å². The molecule has 0 N–H and O–H groups in total. The van der Waals surface area contributed by atoms with Gasteiger partial charge in [-0.3, -0.25) is 0 Å². The Balaban J connectivity index is 3.43. The highest BCUT2D eigenvalue weighted by Crippen LogP contribution is 2.12. The summed E-state index contributed by atoms with van der Waals surface area (Å²) in [5.74, 6) is -0.123. The van der Waals surface area contributed by atoms with E-state index in [1.807, 2.05) is 6.92 Å². The summed E-state index contributed by atoms with van der Waals surface area (Å²) in [6, 6.07) is 0. The van der Waals surface area contributed by atoms with Crippen LogP contribution in [-0.2, 0) is 9.53 Å². The van der Waals surface area contributed by atoms with Crippen molar-refractivity contribution in [3.8, 4) is 0 Å². The number of ether oxygens (including phenoxy) is 1. The van der Waals surface area contributed by atoms with Gasteiger partial charge in [0, 0.05) is 5.57 Å². The van der Waals surface area contributed by atoms with Crippen LogP contribution in [0.1, 0.15) is 124 Å². The minimum absolute atomic E-state index is 0.123. The fourth-order valence-corrected chi connectivity index (χ4v) is 3.02. The molecule has 0 rings (SSSR count). The van der Waals surface area contributed by atoms with Crippen molar-refractivity contribution >= 4 is 5.97 Å². The molecule has 0 aliphatic carbocycles. The smallest absolute Gasteiger partial charge is 0.333 e. The van der Waals surface area contributed by atoms with E-state index in [0.717, 1.165) is 18.4 Å². The van der Waals surface area contributed by atoms with E-state index < -0.39 is 0 Å². The van der Waals surface area contributed by atoms with Gasteiger partial charge in [-0.15, -0.1) is 0 Å². The highest BCUT2D eigenvalue weighted by molar-refractivity contribution is 5.87. The molecular formula is C23H44O2. The molecular weight excluding hydrogens is 308 g/mol. The first-order valence-electron chi connectivity index (χ1n) is 11.1. The molecule has 0 aliphatic heterocycles. The van der Waals surface area contributed by atoms with Gasteiger partial charge in [-0.2, -0.15) is 0 Å². The number of esters is 1. The van der Waals surface area contributed by atoms with E-state index in [9.17, 15) is 4.79 Å². The van der Waals surface area contributed by atoms with Crippen LogP contribution in [0.4, 0.5) is 0 Å². The molecule has 0 aromatic carbocycles. The van der Waals surface area contributed by atoms with Crippen LogP contribution in [0.25, 0.3) is 0 Å². The number of hydrogen-bond donors (Lipinski definition) is 0. The summed E-state index contributed by atoms with van der Waals surface area (Å²) in [6.45, 7) is 6.94. The van der Waals surface area contributed by atoms with Gasteiger partial charge < -0.3 is 4.74 Å². The van der Waals surface area contributed by atoms with Crippen molar-refractivity contribution in [2.45, 2.75) is 124 Å². The van der Waals surface area contributed by atoms with E-state index in [1.54, 1.807) is 0 Å². The largest absolute Gasteiger partial charge is 0.462 e. The Morgan fingerprint density at radius 3 is 1.64 bits per heavy atom. The van der Waals surface area contributed by atoms with Gasteiger partial charge in [-0.25, -0.2) is 4.79 Å². The van der Waals surface area contributed by atoms with Crippen LogP contribution in [0, 0.1) is 0 Å². The number of carbonyl (C=O) groups excluding carboxylic acids is 1. The van der Waals surface area contributed by atoms with Crippen LogP contribution in [-0.4, -0.2) is 12.6 Å². The first-order chi connectivity index (χ1) is 12.2. The second kappa shape index (κ2) is 19.5. The highest BCUT2D eigenvalue weighted by atomic mass is 16.5. The Bertz CT molecular complexity index is 320. The topological polar surface area (TPSA) is 26.3 Å². The van der Waals surface area contributed by atoms with Gasteiger partial charge in [0.25, 0.3) is 0 Å². The van der Waals surface area contributed by atoms with Crippen LogP contribution >= 0.6 is 0 Å². The molecule has 0 fully saturated rings. The quantitative estimate of drug-likeness (QED) is 0.143. The van der Waals surface area contributed by atoms with Crippen molar-refractivity contribution in [3.63, 3.8) is 0 Å². The van der Waals surface area contributed by atoms with E-state index >= 15 is 0 Å². The predicted molar refractivity (Wildman–Crippen MR) is 110 cm³/mol. The second-order valence-corrected chi connectivity index (χ2v) is 7.41. The van der Waals surface area contributed by atoms with Crippen molar-refractivity contribution in [1.29, 1.82) is 0 Å². The molecule has 0 aliphatic rings. The molecule has 25 heavy (non-hydrogen) atoms. The monoisotopic (exact) mass is 352 g/mol. The second-order valence-electron chi connectivity index (χ2n) is 7.41. The molecule has 0 saturated carbocycles. The molecule has 0 unspecified atom stereocenters. The van der Waals surface area contributed by atoms with E-state index in [2.05, 4.69) is 19.9 Å². The summed E-state index contributed by atoms with van der Waals surface area (Å²) in [4.78, 5) is 11.9. The highest BCUT2D eigenvalue weighted by Gasteiger charge is 2.04. The Morgan fingerprint density at radius 1 is 0.680 bits per heavy atom. The van der Waals surface area contributed by atoms with E-state index in [-0.39, 0.29) is 5.97 Å². The van der Waals surface area contributed by atoms with E-state index in [0.29, 0.717) is 6.61 Å². The lowest BCUT2D eigenvalue weighted by atomic mass is 10.1. The minimum atomic E-state index is -0.123. The maximum absolute atomic E-state index is 11.9. The average molecular weight is 353 g/mol. The van der Waals surface area contributed by atoms with Crippen molar-refractivity contribution in [2.75, 3.05) is 6.61 Å². The van der Waals surface area contributed by atoms with Gasteiger partial charge >= 0.3 is 5.97 Å². The zero-order valence-electron chi connectivity index (χ0n) is 17.4. The average Bonchev–Trinajstić information content (AvgIpc) is 2.62. The van der Waals surface area contributed by atoms with E-state index in [4.69, 9.17) is 4.74 Å². The summed E-state index contributed by atoms with van der Waals surface area (Å²) in [5, 5.41) is 0. The van der Waals surface area contributed by atoms with Crippen LogP contribution < -0.4 is 0 Å². The van der Waals surface area contributed by atoms with Crippen molar-refractivity contribution in [3.05, 3.63) is 11.6 Å². The van der Waals surface area contributed by atoms with Gasteiger partial charge in [0.2, 0.25) is 0 Å². The predicted octanol–water partition coefficient (Wildman–Crippen LogP) is 7.76. The van der Waals surface area contributed by atoms with Crippen molar-refractivity contribution in [2.24, 2.45) is 0 Å². The first-order valence-corrected chi connectivity index (χ1v) is 11.1. The molecule has 0 atom stereocenters. The molecule has 0 aromatic heterocycles. The zero-order chi connectivity index (χ0) is 18.6. The zero-order valence-corrected chi connectivity index (χ0v) is 17.4. The molecule has 148 valence electrons. The molecule has 0 spiro atoms. The van der Waals surface area contributed by atoms with Gasteiger partial charge in [0.1, 0.15) is 0 Å². The molecule has 2 heteroatoms. The Hall–Kier alpha value is -0.790. The number of allylic oxidation sites excluding steroid dienone is 1. The summed E-state index contributed by atoms with van der Waals surface area (Å²) in [5.41, 5.74) is 0.782. The number of rotatable bonds is 18. The third-order valence-electron chi connectivity index (χ3n) is 4.81. The number of hydrogen-bond acceptors (Lipinski definition) is 2. The molecule has 0 aromatic rings. The van der Waals surface area contributed by atoms with Crippen molar-refractivity contribution in [1.82, 2.24) is 0 Å². The van der Waals surface area contributed by atoms with Gasteiger partial charge in [-0.1, -0.05) is 103 Å². The normalized spacial score (nSPS) is 11.7. The fourth-order valence-electron chi connectivity index (χ4n) is 3.02. The molecule has 0 amide bonds. The summed E-state index contributed by atoms with van der Waals surface area (Å²) >= 11 is 0. The Morgan fingerprint density at radius 2 is 1.12 bits per heavy atom. The van der Waals surface area contributed by atoms with E-state index in [1.165, 1.54) is 89.9 Å². The molecule has 0 saturated heterocycles. The third-order valence-corrected chi connectivity index (χ3v) is 4.81. The van der Waals surface area contributed by atoms with Crippen LogP contribution in [0.5, 0.6) is 0 Å². The Labute approximate surface area is 157 Å². The van der Waals surface area contributed by atoms with Gasteiger partial charge in [0.15, 0.2) is 0 Å². The number of unbranched alkanes of at least 4 members (excludes halogenated alkanes) is 14. The van der Waals surface area contributed by atoms with Gasteiger partial charge in [-0.05, 0) is 26.2 Å². The molecule has 0 radical (unpaired) electrons. The summed E-state index contributed by atoms with van der Waals surface area (Å²) in [7, 11) is 0. The van der Waals surface area contributed by atoms with Gasteiger partial charge in [0.05, 0.1) is 6.61 Å². The summed E-state index contributed by atoms with van der Waals surface area (Å²) < 4.78 is 5.33. The standard InChI is InChI=1S/C23H44O2/c1-4-6-8-10-11-12-13-14-15-16-18-20-22(3)23(24)25-21-19-17-9-7-5-2/h20H,4-19,21H2,1-3H3. The lowest BCUT2D eigenvalue weighted by Gasteiger charge is -2.05. The number of carbonyl (C=O) groups is 1. The first kappa shape index (κ1) is 24.2. The van der Waals surface area contributed by atoms with Crippen molar-refractivity contribution < 1.29 is 9.53 Å². The molecule has 0 heterocycles. The summed E-state index contributed by atoms with van der Waals surface area (Å²) in [6.07, 6.45) is 22.6.